The molecule has 0 bridgehead atoms. The third-order valence-corrected chi connectivity index (χ3v) is 4.44. The largest absolute Gasteiger partial charge is 0.355 e. The lowest BCUT2D eigenvalue weighted by Crippen LogP contribution is -2.32. The second-order valence-corrected chi connectivity index (χ2v) is 5.92. The second-order valence-electron chi connectivity index (χ2n) is 5.06. The quantitative estimate of drug-likeness (QED) is 0.919. The van der Waals surface area contributed by atoms with E-state index < -0.39 is 0 Å². The zero-order valence-corrected chi connectivity index (χ0v) is 13.2. The Balaban J connectivity index is 1.96. The van der Waals surface area contributed by atoms with Gasteiger partial charge in [0.15, 0.2) is 0 Å². The molecule has 2 rings (SSSR count). The first-order chi connectivity index (χ1) is 9.20. The zero-order valence-electron chi connectivity index (χ0n) is 11.6. The number of halogens is 1. The summed E-state index contributed by atoms with van der Waals surface area (Å²) in [5.74, 6) is 1.10. The van der Waals surface area contributed by atoms with Crippen LogP contribution in [0, 0.1) is 6.92 Å². The molecule has 1 saturated heterocycles. The van der Waals surface area contributed by atoms with Gasteiger partial charge in [0.25, 0.3) is 0 Å². The van der Waals surface area contributed by atoms with Crippen molar-refractivity contribution in [1.82, 2.24) is 9.88 Å². The zero-order chi connectivity index (χ0) is 13.7. The van der Waals surface area contributed by atoms with E-state index in [0.717, 1.165) is 55.1 Å². The van der Waals surface area contributed by atoms with Crippen molar-refractivity contribution in [1.29, 1.82) is 0 Å². The van der Waals surface area contributed by atoms with Crippen LogP contribution in [0.1, 0.15) is 18.5 Å². The Labute approximate surface area is 124 Å². The first-order valence-electron chi connectivity index (χ1n) is 7.01. The van der Waals surface area contributed by atoms with E-state index in [2.05, 4.69) is 42.8 Å². The van der Waals surface area contributed by atoms with Crippen molar-refractivity contribution in [2.45, 2.75) is 19.8 Å². The topological polar surface area (TPSA) is 45.4 Å². The molecule has 4 nitrogen and oxygen atoms in total. The van der Waals surface area contributed by atoms with Crippen LogP contribution in [0.2, 0.25) is 0 Å². The van der Waals surface area contributed by atoms with Crippen LogP contribution in [-0.2, 0) is 0 Å². The van der Waals surface area contributed by atoms with Gasteiger partial charge in [-0.25, -0.2) is 4.98 Å². The SMILES string of the molecule is Cc1nc(N2CCCN(CCCN)CC2)ccc1Br. The van der Waals surface area contributed by atoms with Crippen molar-refractivity contribution < 1.29 is 0 Å². The van der Waals surface area contributed by atoms with Crippen LogP contribution in [-0.4, -0.2) is 49.2 Å². The van der Waals surface area contributed by atoms with Gasteiger partial charge in [-0.15, -0.1) is 0 Å². The summed E-state index contributed by atoms with van der Waals surface area (Å²) >= 11 is 3.51. The Hall–Kier alpha value is -0.650. The number of hydrogen-bond acceptors (Lipinski definition) is 4. The fraction of sp³-hybridized carbons (Fsp3) is 0.643. The summed E-state index contributed by atoms with van der Waals surface area (Å²) in [5.41, 5.74) is 6.64. The lowest BCUT2D eigenvalue weighted by Gasteiger charge is -2.23. The van der Waals surface area contributed by atoms with E-state index in [0.29, 0.717) is 0 Å². The van der Waals surface area contributed by atoms with E-state index in [1.165, 1.54) is 13.0 Å². The third-order valence-electron chi connectivity index (χ3n) is 3.60. The molecule has 1 aromatic rings. The minimum Gasteiger partial charge on any atom is -0.355 e. The van der Waals surface area contributed by atoms with E-state index in [1.54, 1.807) is 0 Å². The highest BCUT2D eigenvalue weighted by Gasteiger charge is 2.15. The van der Waals surface area contributed by atoms with Gasteiger partial charge < -0.3 is 15.5 Å². The monoisotopic (exact) mass is 326 g/mol. The number of nitrogens with two attached hydrogens (primary N) is 1. The molecule has 106 valence electrons. The van der Waals surface area contributed by atoms with Gasteiger partial charge in [0.2, 0.25) is 0 Å². The molecule has 0 aromatic carbocycles. The van der Waals surface area contributed by atoms with Gasteiger partial charge in [0.1, 0.15) is 5.82 Å². The molecule has 1 aliphatic rings. The summed E-state index contributed by atoms with van der Waals surface area (Å²) in [7, 11) is 0. The van der Waals surface area contributed by atoms with Crippen LogP contribution in [0.15, 0.2) is 16.6 Å². The van der Waals surface area contributed by atoms with Gasteiger partial charge in [-0.2, -0.15) is 0 Å². The van der Waals surface area contributed by atoms with Gasteiger partial charge in [-0.1, -0.05) is 0 Å². The van der Waals surface area contributed by atoms with E-state index in [4.69, 9.17) is 5.73 Å². The number of aryl methyl sites for hydroxylation is 1. The number of nitrogens with zero attached hydrogens (tertiary/aromatic N) is 3. The molecule has 0 aliphatic carbocycles. The molecule has 0 spiro atoms. The molecule has 0 atom stereocenters. The van der Waals surface area contributed by atoms with Crippen LogP contribution in [0.3, 0.4) is 0 Å². The van der Waals surface area contributed by atoms with Crippen LogP contribution in [0.5, 0.6) is 0 Å². The Bertz CT molecular complexity index is 410. The lowest BCUT2D eigenvalue weighted by atomic mass is 10.3. The first-order valence-corrected chi connectivity index (χ1v) is 7.80. The van der Waals surface area contributed by atoms with E-state index in [9.17, 15) is 0 Å². The molecular formula is C14H23BrN4. The van der Waals surface area contributed by atoms with Crippen molar-refractivity contribution in [3.63, 3.8) is 0 Å². The standard InChI is InChI=1S/C14H23BrN4/c1-12-13(15)4-5-14(17-12)19-9-3-8-18(10-11-19)7-2-6-16/h4-5H,2-3,6-11,16H2,1H3. The van der Waals surface area contributed by atoms with Crippen LogP contribution in [0.4, 0.5) is 5.82 Å². The molecule has 19 heavy (non-hydrogen) atoms. The first kappa shape index (κ1) is 14.8. The summed E-state index contributed by atoms with van der Waals surface area (Å²) in [6, 6.07) is 4.20. The number of pyridine rings is 1. The Morgan fingerprint density at radius 3 is 2.84 bits per heavy atom. The fourth-order valence-corrected chi connectivity index (χ4v) is 2.67. The van der Waals surface area contributed by atoms with Gasteiger partial charge in [0, 0.05) is 24.1 Å². The lowest BCUT2D eigenvalue weighted by molar-refractivity contribution is 0.291. The minimum absolute atomic E-state index is 0.785. The average Bonchev–Trinajstić information content (AvgIpc) is 2.65. The Kier molecular flexibility index (Phi) is 5.60. The van der Waals surface area contributed by atoms with E-state index in [1.807, 2.05) is 6.92 Å². The highest BCUT2D eigenvalue weighted by Crippen LogP contribution is 2.20. The highest BCUT2D eigenvalue weighted by atomic mass is 79.9. The molecule has 2 heterocycles. The predicted octanol–water partition coefficient (Wildman–Crippen LogP) is 2.01. The molecule has 1 aromatic heterocycles. The Morgan fingerprint density at radius 1 is 1.26 bits per heavy atom. The predicted molar refractivity (Wildman–Crippen MR) is 83.6 cm³/mol. The normalized spacial score (nSPS) is 17.5. The fourth-order valence-electron chi connectivity index (χ4n) is 2.45. The van der Waals surface area contributed by atoms with Gasteiger partial charge >= 0.3 is 0 Å². The van der Waals surface area contributed by atoms with Crippen LogP contribution in [0.25, 0.3) is 0 Å². The summed E-state index contributed by atoms with van der Waals surface area (Å²) < 4.78 is 1.08. The minimum atomic E-state index is 0.785. The number of anilines is 1. The molecule has 0 unspecified atom stereocenters. The smallest absolute Gasteiger partial charge is 0.128 e. The van der Waals surface area contributed by atoms with Gasteiger partial charge in [0.05, 0.1) is 5.69 Å². The summed E-state index contributed by atoms with van der Waals surface area (Å²) in [5, 5.41) is 0. The van der Waals surface area contributed by atoms with Crippen molar-refractivity contribution in [3.05, 3.63) is 22.3 Å². The summed E-state index contributed by atoms with van der Waals surface area (Å²) in [6.07, 6.45) is 2.29. The molecule has 2 N–H and O–H groups in total. The molecule has 0 saturated carbocycles. The molecule has 0 amide bonds. The Morgan fingerprint density at radius 2 is 2.11 bits per heavy atom. The van der Waals surface area contributed by atoms with Crippen molar-refractivity contribution >= 4 is 21.7 Å². The third kappa shape index (κ3) is 4.16. The molecular weight excluding hydrogens is 304 g/mol. The van der Waals surface area contributed by atoms with Gasteiger partial charge in [-0.3, -0.25) is 0 Å². The average molecular weight is 327 g/mol. The number of hydrogen-bond donors (Lipinski definition) is 1. The summed E-state index contributed by atoms with van der Waals surface area (Å²) in [4.78, 5) is 9.57. The highest BCUT2D eigenvalue weighted by molar-refractivity contribution is 9.10. The second kappa shape index (κ2) is 7.22. The van der Waals surface area contributed by atoms with Crippen molar-refractivity contribution in [2.75, 3.05) is 44.2 Å². The summed E-state index contributed by atoms with van der Waals surface area (Å²) in [6.45, 7) is 8.37. The van der Waals surface area contributed by atoms with E-state index in [-0.39, 0.29) is 0 Å². The number of rotatable bonds is 4. The van der Waals surface area contributed by atoms with Crippen molar-refractivity contribution in [3.8, 4) is 0 Å². The van der Waals surface area contributed by atoms with Crippen LogP contribution < -0.4 is 10.6 Å². The molecule has 5 heteroatoms. The number of aromatic nitrogens is 1. The van der Waals surface area contributed by atoms with Gasteiger partial charge in [-0.05, 0) is 67.5 Å². The van der Waals surface area contributed by atoms with Crippen molar-refractivity contribution in [2.24, 2.45) is 5.73 Å². The maximum Gasteiger partial charge on any atom is 0.128 e. The molecule has 1 aliphatic heterocycles. The molecule has 0 radical (unpaired) electrons. The molecule has 1 fully saturated rings. The maximum atomic E-state index is 5.58. The maximum absolute atomic E-state index is 5.58. The van der Waals surface area contributed by atoms with Crippen LogP contribution >= 0.6 is 15.9 Å². The van der Waals surface area contributed by atoms with E-state index >= 15 is 0 Å².